The zero-order chi connectivity index (χ0) is 13.1. The minimum Gasteiger partial charge on any atom is -0.434 e. The smallest absolute Gasteiger partial charge is 0.331 e. The van der Waals surface area contributed by atoms with Gasteiger partial charge in [-0.1, -0.05) is 22.0 Å². The topological polar surface area (TPSA) is 65.3 Å². The van der Waals surface area contributed by atoms with Crippen LogP contribution in [0.1, 0.15) is 5.56 Å². The molecule has 18 heavy (non-hydrogen) atoms. The molecule has 92 valence electrons. The van der Waals surface area contributed by atoms with E-state index in [9.17, 15) is 10.1 Å². The van der Waals surface area contributed by atoms with Crippen molar-refractivity contribution < 1.29 is 9.66 Å². The number of nitro groups is 1. The molecule has 0 bridgehead atoms. The van der Waals surface area contributed by atoms with E-state index in [2.05, 4.69) is 20.9 Å². The molecule has 0 atom stereocenters. The molecule has 0 unspecified atom stereocenters. The molecule has 5 nitrogen and oxygen atoms in total. The molecule has 0 N–H and O–H groups in total. The molecule has 2 rings (SSSR count). The lowest BCUT2D eigenvalue weighted by molar-refractivity contribution is -0.386. The van der Waals surface area contributed by atoms with Gasteiger partial charge < -0.3 is 4.74 Å². The van der Waals surface area contributed by atoms with Gasteiger partial charge in [0.05, 0.1) is 4.92 Å². The molecular weight excluding hydrogens is 300 g/mol. The van der Waals surface area contributed by atoms with E-state index in [0.29, 0.717) is 11.3 Å². The van der Waals surface area contributed by atoms with Crippen molar-refractivity contribution in [3.8, 4) is 11.6 Å². The van der Waals surface area contributed by atoms with Crippen LogP contribution in [0.15, 0.2) is 41.0 Å². The molecule has 6 heteroatoms. The van der Waals surface area contributed by atoms with Gasteiger partial charge in [-0.15, -0.1) is 0 Å². The Balaban J connectivity index is 2.37. The Morgan fingerprint density at radius 1 is 1.39 bits per heavy atom. The highest BCUT2D eigenvalue weighted by Crippen LogP contribution is 2.30. The summed E-state index contributed by atoms with van der Waals surface area (Å²) in [6.07, 6.45) is 1.53. The average Bonchev–Trinajstić information content (AvgIpc) is 2.31. The first-order valence-corrected chi connectivity index (χ1v) is 5.90. The maximum atomic E-state index is 10.9. The Hall–Kier alpha value is -1.95. The van der Waals surface area contributed by atoms with Crippen molar-refractivity contribution in [2.24, 2.45) is 0 Å². The van der Waals surface area contributed by atoms with Gasteiger partial charge in [-0.05, 0) is 30.7 Å². The molecule has 0 aliphatic rings. The highest BCUT2D eigenvalue weighted by molar-refractivity contribution is 9.10. The van der Waals surface area contributed by atoms with E-state index in [1.807, 2.05) is 6.07 Å². The third kappa shape index (κ3) is 2.84. The van der Waals surface area contributed by atoms with Crippen LogP contribution in [0.25, 0.3) is 0 Å². The third-order valence-electron chi connectivity index (χ3n) is 2.18. The van der Waals surface area contributed by atoms with Crippen LogP contribution in [0.3, 0.4) is 0 Å². The molecule has 2 aromatic rings. The molecule has 0 spiro atoms. The summed E-state index contributed by atoms with van der Waals surface area (Å²) in [5.74, 6) is 0.479. The highest BCUT2D eigenvalue weighted by atomic mass is 79.9. The number of benzene rings is 1. The molecule has 1 heterocycles. The van der Waals surface area contributed by atoms with Crippen LogP contribution in [-0.2, 0) is 0 Å². The molecule has 0 aliphatic heterocycles. The molecular formula is C12H9BrN2O3. The van der Waals surface area contributed by atoms with Crippen LogP contribution in [-0.4, -0.2) is 9.91 Å². The van der Waals surface area contributed by atoms with Crippen molar-refractivity contribution in [3.05, 3.63) is 56.7 Å². The van der Waals surface area contributed by atoms with Crippen molar-refractivity contribution in [2.45, 2.75) is 6.92 Å². The molecule has 0 saturated heterocycles. The maximum absolute atomic E-state index is 10.9. The molecule has 0 saturated carbocycles. The standard InChI is InChI=1S/C12H9BrN2O3/c1-8-5-11(15(16)17)12(14-7-8)18-10-4-2-3-9(13)6-10/h2-7H,1H3. The largest absolute Gasteiger partial charge is 0.434 e. The van der Waals surface area contributed by atoms with Crippen LogP contribution >= 0.6 is 15.9 Å². The summed E-state index contributed by atoms with van der Waals surface area (Å²) in [5.41, 5.74) is 0.568. The molecule has 0 fully saturated rings. The molecule has 1 aromatic heterocycles. The van der Waals surface area contributed by atoms with Crippen LogP contribution in [0, 0.1) is 17.0 Å². The summed E-state index contributed by atoms with van der Waals surface area (Å²) in [6, 6.07) is 8.46. The summed E-state index contributed by atoms with van der Waals surface area (Å²) >= 11 is 3.30. The fourth-order valence-corrected chi connectivity index (χ4v) is 1.77. The fraction of sp³-hybridized carbons (Fsp3) is 0.0833. The first-order valence-electron chi connectivity index (χ1n) is 5.11. The lowest BCUT2D eigenvalue weighted by Crippen LogP contribution is -1.96. The fourth-order valence-electron chi connectivity index (χ4n) is 1.39. The number of hydrogen-bond donors (Lipinski definition) is 0. The number of pyridine rings is 1. The minimum absolute atomic E-state index is 0.0105. The van der Waals surface area contributed by atoms with Crippen LogP contribution in [0.2, 0.25) is 0 Å². The number of ether oxygens (including phenoxy) is 1. The van der Waals surface area contributed by atoms with E-state index in [0.717, 1.165) is 4.47 Å². The van der Waals surface area contributed by atoms with Crippen LogP contribution < -0.4 is 4.74 Å². The molecule has 0 amide bonds. The van der Waals surface area contributed by atoms with Gasteiger partial charge in [-0.3, -0.25) is 10.1 Å². The highest BCUT2D eigenvalue weighted by Gasteiger charge is 2.17. The Morgan fingerprint density at radius 3 is 2.83 bits per heavy atom. The summed E-state index contributed by atoms with van der Waals surface area (Å²) in [4.78, 5) is 14.3. The average molecular weight is 309 g/mol. The second-order valence-corrected chi connectivity index (χ2v) is 4.57. The zero-order valence-corrected chi connectivity index (χ0v) is 11.0. The molecule has 0 aliphatic carbocycles. The predicted molar refractivity (Wildman–Crippen MR) is 69.8 cm³/mol. The molecule has 0 radical (unpaired) electrons. The normalized spacial score (nSPS) is 10.1. The lowest BCUT2D eigenvalue weighted by atomic mass is 10.3. The summed E-state index contributed by atoms with van der Waals surface area (Å²) in [5, 5.41) is 10.9. The van der Waals surface area contributed by atoms with Crippen LogP contribution in [0.4, 0.5) is 5.69 Å². The van der Waals surface area contributed by atoms with Crippen molar-refractivity contribution in [2.75, 3.05) is 0 Å². The first kappa shape index (κ1) is 12.5. The van der Waals surface area contributed by atoms with Gasteiger partial charge in [0.2, 0.25) is 0 Å². The van der Waals surface area contributed by atoms with Crippen molar-refractivity contribution in [1.29, 1.82) is 0 Å². The van der Waals surface area contributed by atoms with E-state index >= 15 is 0 Å². The zero-order valence-electron chi connectivity index (χ0n) is 9.46. The van der Waals surface area contributed by atoms with Gasteiger partial charge in [-0.2, -0.15) is 0 Å². The second-order valence-electron chi connectivity index (χ2n) is 3.65. The summed E-state index contributed by atoms with van der Waals surface area (Å²) in [6.45, 7) is 1.74. The van der Waals surface area contributed by atoms with Gasteiger partial charge in [0.25, 0.3) is 5.88 Å². The number of nitrogens with zero attached hydrogens (tertiary/aromatic N) is 2. The number of aromatic nitrogens is 1. The van der Waals surface area contributed by atoms with E-state index in [-0.39, 0.29) is 11.6 Å². The summed E-state index contributed by atoms with van der Waals surface area (Å²) < 4.78 is 6.25. The minimum atomic E-state index is -0.507. The Bertz CT molecular complexity index is 602. The van der Waals surface area contributed by atoms with Crippen molar-refractivity contribution in [1.82, 2.24) is 4.98 Å². The Morgan fingerprint density at radius 2 is 2.17 bits per heavy atom. The first-order chi connectivity index (χ1) is 8.56. The van der Waals surface area contributed by atoms with Crippen LogP contribution in [0.5, 0.6) is 11.6 Å². The number of aryl methyl sites for hydroxylation is 1. The Kier molecular flexibility index (Phi) is 3.57. The summed E-state index contributed by atoms with van der Waals surface area (Å²) in [7, 11) is 0. The van der Waals surface area contributed by atoms with Crippen molar-refractivity contribution in [3.63, 3.8) is 0 Å². The lowest BCUT2D eigenvalue weighted by Gasteiger charge is -2.05. The quantitative estimate of drug-likeness (QED) is 0.638. The SMILES string of the molecule is Cc1cnc(Oc2cccc(Br)c2)c([N+](=O)[O-])c1. The predicted octanol–water partition coefficient (Wildman–Crippen LogP) is 3.85. The van der Waals surface area contributed by atoms with E-state index < -0.39 is 4.92 Å². The Labute approximate surface area is 112 Å². The van der Waals surface area contributed by atoms with Gasteiger partial charge in [0.15, 0.2) is 0 Å². The monoisotopic (exact) mass is 308 g/mol. The van der Waals surface area contributed by atoms with E-state index in [1.54, 1.807) is 25.1 Å². The van der Waals surface area contributed by atoms with Gasteiger partial charge in [-0.25, -0.2) is 4.98 Å². The van der Waals surface area contributed by atoms with Gasteiger partial charge in [0.1, 0.15) is 5.75 Å². The number of rotatable bonds is 3. The maximum Gasteiger partial charge on any atom is 0.331 e. The second kappa shape index (κ2) is 5.14. The number of halogens is 1. The molecule has 1 aromatic carbocycles. The number of hydrogen-bond acceptors (Lipinski definition) is 4. The van der Waals surface area contributed by atoms with Gasteiger partial charge >= 0.3 is 5.69 Å². The van der Waals surface area contributed by atoms with Crippen molar-refractivity contribution >= 4 is 21.6 Å². The van der Waals surface area contributed by atoms with E-state index in [1.165, 1.54) is 12.3 Å². The van der Waals surface area contributed by atoms with Gasteiger partial charge in [0, 0.05) is 16.7 Å². The van der Waals surface area contributed by atoms with E-state index in [4.69, 9.17) is 4.74 Å². The third-order valence-corrected chi connectivity index (χ3v) is 2.67.